The van der Waals surface area contributed by atoms with Crippen LogP contribution in [0.15, 0.2) is 47.4 Å². The third-order valence-electron chi connectivity index (χ3n) is 5.06. The molecule has 1 fully saturated rings. The molecular weight excluding hydrogens is 404 g/mol. The lowest BCUT2D eigenvalue weighted by atomic mass is 10.0. The molecule has 30 heavy (non-hydrogen) atoms. The number of sulfonamides is 1. The Bertz CT molecular complexity index is 998. The Morgan fingerprint density at radius 3 is 2.67 bits per heavy atom. The van der Waals surface area contributed by atoms with Gasteiger partial charge in [-0.05, 0) is 54.7 Å². The highest BCUT2D eigenvalue weighted by atomic mass is 32.2. The number of benzene rings is 2. The van der Waals surface area contributed by atoms with Crippen LogP contribution in [0.3, 0.4) is 0 Å². The maximum Gasteiger partial charge on any atom is 0.261 e. The second-order valence-electron chi connectivity index (χ2n) is 7.55. The first kappa shape index (κ1) is 22.1. The summed E-state index contributed by atoms with van der Waals surface area (Å²) in [4.78, 5) is 12.8. The molecule has 1 atom stereocenters. The maximum atomic E-state index is 13.0. The Morgan fingerprint density at radius 1 is 1.23 bits per heavy atom. The van der Waals surface area contributed by atoms with Crippen LogP contribution in [0.1, 0.15) is 48.5 Å². The molecule has 0 bridgehead atoms. The zero-order valence-electron chi connectivity index (χ0n) is 17.5. The molecule has 0 saturated carbocycles. The van der Waals surface area contributed by atoms with Crippen molar-refractivity contribution in [3.63, 3.8) is 0 Å². The summed E-state index contributed by atoms with van der Waals surface area (Å²) in [5, 5.41) is 2.83. The number of carbonyl (C=O) groups is 1. The number of rotatable bonds is 8. The van der Waals surface area contributed by atoms with Crippen molar-refractivity contribution in [3.05, 3.63) is 53.6 Å². The molecule has 0 aromatic heterocycles. The van der Waals surface area contributed by atoms with Crippen molar-refractivity contribution in [2.45, 2.75) is 43.6 Å². The van der Waals surface area contributed by atoms with Gasteiger partial charge in [-0.2, -0.15) is 0 Å². The van der Waals surface area contributed by atoms with E-state index in [2.05, 4.69) is 10.0 Å². The van der Waals surface area contributed by atoms with Crippen molar-refractivity contribution in [3.8, 4) is 5.75 Å². The first-order valence-corrected chi connectivity index (χ1v) is 11.5. The zero-order chi connectivity index (χ0) is 21.7. The van der Waals surface area contributed by atoms with Gasteiger partial charge in [0.25, 0.3) is 15.9 Å². The first-order chi connectivity index (χ1) is 14.3. The van der Waals surface area contributed by atoms with Gasteiger partial charge in [0.15, 0.2) is 0 Å². The van der Waals surface area contributed by atoms with Crippen LogP contribution in [0.5, 0.6) is 5.75 Å². The Kier molecular flexibility index (Phi) is 6.99. The predicted molar refractivity (Wildman–Crippen MR) is 116 cm³/mol. The van der Waals surface area contributed by atoms with Crippen LogP contribution in [-0.2, 0) is 14.8 Å². The van der Waals surface area contributed by atoms with Gasteiger partial charge >= 0.3 is 0 Å². The average Bonchev–Trinajstić information content (AvgIpc) is 3.25. The van der Waals surface area contributed by atoms with Crippen LogP contribution >= 0.6 is 0 Å². The van der Waals surface area contributed by atoms with Gasteiger partial charge in [-0.25, -0.2) is 8.42 Å². The monoisotopic (exact) mass is 432 g/mol. The summed E-state index contributed by atoms with van der Waals surface area (Å²) in [6.07, 6.45) is 1.90. The molecule has 1 heterocycles. The van der Waals surface area contributed by atoms with Crippen LogP contribution in [0.2, 0.25) is 0 Å². The van der Waals surface area contributed by atoms with Crippen molar-refractivity contribution in [1.29, 1.82) is 0 Å². The summed E-state index contributed by atoms with van der Waals surface area (Å²) in [5.41, 5.74) is 1.28. The van der Waals surface area contributed by atoms with E-state index >= 15 is 0 Å². The molecule has 1 saturated heterocycles. The normalized spacial score (nSPS) is 16.5. The highest BCUT2D eigenvalue weighted by molar-refractivity contribution is 7.92. The minimum absolute atomic E-state index is 0.00607. The maximum absolute atomic E-state index is 13.0. The van der Waals surface area contributed by atoms with Gasteiger partial charge in [-0.3, -0.25) is 9.52 Å². The lowest BCUT2D eigenvalue weighted by Gasteiger charge is -2.16. The van der Waals surface area contributed by atoms with Gasteiger partial charge in [-0.1, -0.05) is 26.0 Å². The molecule has 0 unspecified atom stereocenters. The van der Waals surface area contributed by atoms with Crippen molar-refractivity contribution in [2.24, 2.45) is 0 Å². The Morgan fingerprint density at radius 2 is 2.00 bits per heavy atom. The smallest absolute Gasteiger partial charge is 0.261 e. The van der Waals surface area contributed by atoms with Gasteiger partial charge in [0.1, 0.15) is 5.75 Å². The van der Waals surface area contributed by atoms with E-state index in [9.17, 15) is 13.2 Å². The van der Waals surface area contributed by atoms with Crippen LogP contribution in [0, 0.1) is 0 Å². The van der Waals surface area contributed by atoms with E-state index in [4.69, 9.17) is 9.47 Å². The molecule has 1 amide bonds. The highest BCUT2D eigenvalue weighted by Gasteiger charge is 2.22. The van der Waals surface area contributed by atoms with E-state index in [0.29, 0.717) is 18.9 Å². The van der Waals surface area contributed by atoms with Crippen LogP contribution in [-0.4, -0.2) is 40.7 Å². The van der Waals surface area contributed by atoms with E-state index in [0.717, 1.165) is 18.4 Å². The van der Waals surface area contributed by atoms with E-state index in [1.807, 2.05) is 13.8 Å². The first-order valence-electron chi connectivity index (χ1n) is 10.0. The third kappa shape index (κ3) is 5.12. The third-order valence-corrected chi connectivity index (χ3v) is 6.43. The number of carbonyl (C=O) groups excluding carboxylic acids is 1. The number of ether oxygens (including phenoxy) is 2. The minimum Gasteiger partial charge on any atom is -0.496 e. The van der Waals surface area contributed by atoms with E-state index < -0.39 is 10.0 Å². The number of anilines is 1. The standard InChI is InChI=1S/C22H28N2O5S/c1-15(2)19-13-17(10-11-21(19)28-3)30(26,27)24-20-9-5-4-8-18(20)22(25)23-14-16-7-6-12-29-16/h4-5,8-11,13,15-16,24H,6-7,12,14H2,1-3H3,(H,23,25)/t16-/m1/s1. The number of para-hydroxylation sites is 1. The molecule has 2 aromatic rings. The van der Waals surface area contributed by atoms with Crippen molar-refractivity contribution in [2.75, 3.05) is 25.0 Å². The molecule has 7 nitrogen and oxygen atoms in total. The molecular formula is C22H28N2O5S. The zero-order valence-corrected chi connectivity index (χ0v) is 18.3. The molecule has 0 radical (unpaired) electrons. The summed E-state index contributed by atoms with van der Waals surface area (Å²) in [7, 11) is -2.34. The molecule has 1 aliphatic heterocycles. The largest absolute Gasteiger partial charge is 0.496 e. The molecule has 2 N–H and O–H groups in total. The van der Waals surface area contributed by atoms with Gasteiger partial charge < -0.3 is 14.8 Å². The predicted octanol–water partition coefficient (Wildman–Crippen LogP) is 3.53. The second-order valence-corrected chi connectivity index (χ2v) is 9.24. The van der Waals surface area contributed by atoms with Crippen LogP contribution in [0.4, 0.5) is 5.69 Å². The second kappa shape index (κ2) is 9.49. The number of hydrogen-bond acceptors (Lipinski definition) is 5. The molecule has 1 aliphatic rings. The van der Waals surface area contributed by atoms with E-state index in [-0.39, 0.29) is 34.1 Å². The summed E-state index contributed by atoms with van der Waals surface area (Å²) in [5.74, 6) is 0.380. The van der Waals surface area contributed by atoms with Crippen molar-refractivity contribution in [1.82, 2.24) is 5.32 Å². The highest BCUT2D eigenvalue weighted by Crippen LogP contribution is 2.30. The minimum atomic E-state index is -3.89. The molecule has 3 rings (SSSR count). The number of amides is 1. The van der Waals surface area contributed by atoms with Gasteiger partial charge in [0.05, 0.1) is 29.4 Å². The topological polar surface area (TPSA) is 93.7 Å². The fourth-order valence-corrected chi connectivity index (χ4v) is 4.53. The number of methoxy groups -OCH3 is 1. The summed E-state index contributed by atoms with van der Waals surface area (Å²) < 4.78 is 39.4. The fourth-order valence-electron chi connectivity index (χ4n) is 3.41. The van der Waals surface area contributed by atoms with Crippen molar-refractivity contribution < 1.29 is 22.7 Å². The summed E-state index contributed by atoms with van der Waals surface area (Å²) in [6, 6.07) is 11.3. The molecule has 8 heteroatoms. The number of nitrogens with one attached hydrogen (secondary N) is 2. The molecule has 0 spiro atoms. The summed E-state index contributed by atoms with van der Waals surface area (Å²) >= 11 is 0. The Hall–Kier alpha value is -2.58. The summed E-state index contributed by atoms with van der Waals surface area (Å²) in [6.45, 7) is 5.04. The Balaban J connectivity index is 1.81. The van der Waals surface area contributed by atoms with Gasteiger partial charge in [0.2, 0.25) is 0 Å². The average molecular weight is 433 g/mol. The molecule has 0 aliphatic carbocycles. The van der Waals surface area contributed by atoms with Gasteiger partial charge in [-0.15, -0.1) is 0 Å². The van der Waals surface area contributed by atoms with E-state index in [1.54, 1.807) is 43.5 Å². The quantitative estimate of drug-likeness (QED) is 0.666. The molecule has 2 aromatic carbocycles. The van der Waals surface area contributed by atoms with Gasteiger partial charge in [0, 0.05) is 13.2 Å². The van der Waals surface area contributed by atoms with E-state index in [1.165, 1.54) is 6.07 Å². The van der Waals surface area contributed by atoms with Crippen LogP contribution in [0.25, 0.3) is 0 Å². The Labute approximate surface area is 177 Å². The number of hydrogen-bond donors (Lipinski definition) is 2. The lowest BCUT2D eigenvalue weighted by molar-refractivity contribution is 0.0858. The van der Waals surface area contributed by atoms with Crippen molar-refractivity contribution >= 4 is 21.6 Å². The molecule has 162 valence electrons. The van der Waals surface area contributed by atoms with Crippen LogP contribution < -0.4 is 14.8 Å². The lowest BCUT2D eigenvalue weighted by Crippen LogP contribution is -2.32. The SMILES string of the molecule is COc1ccc(S(=O)(=O)Nc2ccccc2C(=O)NC[C@H]2CCCO2)cc1C(C)C. The fraction of sp³-hybridized carbons (Fsp3) is 0.409.